The standard InChI is InChI=1S/C10H11BrN6O2/c1-6-7(17(18)19)3-12-10(9(6)11)13-4-8-15-14-5-16(8)2/h3,5H,4H2,1-2H3,(H,12,13). The first-order valence-electron chi connectivity index (χ1n) is 5.37. The van der Waals surface area contributed by atoms with Crippen LogP contribution in [0.1, 0.15) is 11.4 Å². The summed E-state index contributed by atoms with van der Waals surface area (Å²) < 4.78 is 2.35. The van der Waals surface area contributed by atoms with Gasteiger partial charge in [0.25, 0.3) is 5.69 Å². The molecular weight excluding hydrogens is 316 g/mol. The lowest BCUT2D eigenvalue weighted by Crippen LogP contribution is -2.08. The number of nitrogens with zero attached hydrogens (tertiary/aromatic N) is 5. The second kappa shape index (κ2) is 5.31. The van der Waals surface area contributed by atoms with Crippen molar-refractivity contribution in [3.8, 4) is 0 Å². The van der Waals surface area contributed by atoms with Gasteiger partial charge in [-0.2, -0.15) is 0 Å². The molecule has 19 heavy (non-hydrogen) atoms. The second-order valence-corrected chi connectivity index (χ2v) is 4.69. The average molecular weight is 327 g/mol. The van der Waals surface area contributed by atoms with E-state index in [2.05, 4.69) is 36.4 Å². The minimum absolute atomic E-state index is 0.0175. The van der Waals surface area contributed by atoms with E-state index in [1.165, 1.54) is 6.20 Å². The van der Waals surface area contributed by atoms with E-state index in [9.17, 15) is 10.1 Å². The van der Waals surface area contributed by atoms with E-state index < -0.39 is 4.92 Å². The predicted octanol–water partition coefficient (Wildman–Crippen LogP) is 1.80. The van der Waals surface area contributed by atoms with Gasteiger partial charge in [0.15, 0.2) is 5.82 Å². The molecule has 2 rings (SSSR count). The molecule has 9 heteroatoms. The third-order valence-electron chi connectivity index (χ3n) is 2.65. The maximum atomic E-state index is 10.8. The van der Waals surface area contributed by atoms with E-state index in [1.54, 1.807) is 17.8 Å². The van der Waals surface area contributed by atoms with Crippen molar-refractivity contribution in [2.24, 2.45) is 7.05 Å². The minimum Gasteiger partial charge on any atom is -0.362 e. The summed E-state index contributed by atoms with van der Waals surface area (Å²) in [5, 5.41) is 21.5. The van der Waals surface area contributed by atoms with Gasteiger partial charge in [-0.05, 0) is 22.9 Å². The average Bonchev–Trinajstić information content (AvgIpc) is 2.76. The van der Waals surface area contributed by atoms with Crippen LogP contribution in [0.5, 0.6) is 0 Å². The van der Waals surface area contributed by atoms with E-state index in [0.717, 1.165) is 5.82 Å². The number of hydrogen-bond donors (Lipinski definition) is 1. The highest BCUT2D eigenvalue weighted by atomic mass is 79.9. The number of nitro groups is 1. The van der Waals surface area contributed by atoms with Crippen molar-refractivity contribution in [1.82, 2.24) is 19.7 Å². The first-order chi connectivity index (χ1) is 9.00. The molecule has 0 radical (unpaired) electrons. The monoisotopic (exact) mass is 326 g/mol. The van der Waals surface area contributed by atoms with Crippen molar-refractivity contribution in [2.75, 3.05) is 5.32 Å². The Morgan fingerprint density at radius 1 is 1.58 bits per heavy atom. The molecule has 0 unspecified atom stereocenters. The highest BCUT2D eigenvalue weighted by molar-refractivity contribution is 9.10. The molecule has 0 aliphatic carbocycles. The van der Waals surface area contributed by atoms with Crippen LogP contribution in [0, 0.1) is 17.0 Å². The lowest BCUT2D eigenvalue weighted by Gasteiger charge is -2.08. The number of halogens is 1. The Morgan fingerprint density at radius 3 is 2.89 bits per heavy atom. The molecule has 0 bridgehead atoms. The zero-order chi connectivity index (χ0) is 14.0. The highest BCUT2D eigenvalue weighted by Crippen LogP contribution is 2.30. The Bertz CT molecular complexity index is 626. The van der Waals surface area contributed by atoms with Crippen molar-refractivity contribution in [1.29, 1.82) is 0 Å². The van der Waals surface area contributed by atoms with Gasteiger partial charge in [0, 0.05) is 12.6 Å². The molecule has 0 aliphatic rings. The molecule has 100 valence electrons. The van der Waals surface area contributed by atoms with E-state index in [1.807, 2.05) is 7.05 Å². The van der Waals surface area contributed by atoms with Crippen molar-refractivity contribution in [3.63, 3.8) is 0 Å². The second-order valence-electron chi connectivity index (χ2n) is 3.90. The summed E-state index contributed by atoms with van der Waals surface area (Å²) in [6.45, 7) is 2.09. The number of nitrogens with one attached hydrogen (secondary N) is 1. The molecule has 8 nitrogen and oxygen atoms in total. The van der Waals surface area contributed by atoms with Crippen LogP contribution in [0.3, 0.4) is 0 Å². The third kappa shape index (κ3) is 2.70. The summed E-state index contributed by atoms with van der Waals surface area (Å²) >= 11 is 3.31. The SMILES string of the molecule is Cc1c([N+](=O)[O-])cnc(NCc2nncn2C)c1Br. The van der Waals surface area contributed by atoms with Crippen LogP contribution < -0.4 is 5.32 Å². The van der Waals surface area contributed by atoms with Gasteiger partial charge < -0.3 is 9.88 Å². The van der Waals surface area contributed by atoms with Crippen LogP contribution in [0.15, 0.2) is 17.0 Å². The maximum Gasteiger partial charge on any atom is 0.291 e. The number of aryl methyl sites for hydroxylation is 1. The van der Waals surface area contributed by atoms with Gasteiger partial charge in [-0.1, -0.05) is 0 Å². The Labute approximate surface area is 117 Å². The van der Waals surface area contributed by atoms with E-state index in [0.29, 0.717) is 22.4 Å². The number of pyridine rings is 1. The Hall–Kier alpha value is -2.03. The van der Waals surface area contributed by atoms with Crippen LogP contribution in [0.2, 0.25) is 0 Å². The minimum atomic E-state index is -0.459. The molecule has 1 N–H and O–H groups in total. The van der Waals surface area contributed by atoms with E-state index >= 15 is 0 Å². The van der Waals surface area contributed by atoms with Crippen molar-refractivity contribution < 1.29 is 4.92 Å². The molecular formula is C10H11BrN6O2. The van der Waals surface area contributed by atoms with Gasteiger partial charge in [-0.3, -0.25) is 10.1 Å². The number of anilines is 1. The molecule has 0 fully saturated rings. The molecule has 0 aromatic carbocycles. The van der Waals surface area contributed by atoms with Crippen molar-refractivity contribution >= 4 is 27.4 Å². The zero-order valence-electron chi connectivity index (χ0n) is 10.3. The number of rotatable bonds is 4. The first kappa shape index (κ1) is 13.4. The lowest BCUT2D eigenvalue weighted by atomic mass is 10.2. The molecule has 0 spiro atoms. The molecule has 2 aromatic rings. The molecule has 0 aliphatic heterocycles. The molecule has 2 aromatic heterocycles. The van der Waals surface area contributed by atoms with E-state index in [-0.39, 0.29) is 5.69 Å². The summed E-state index contributed by atoms with van der Waals surface area (Å²) in [6.07, 6.45) is 2.83. The fourth-order valence-electron chi connectivity index (χ4n) is 1.51. The number of hydrogen-bond acceptors (Lipinski definition) is 6. The number of aromatic nitrogens is 4. The third-order valence-corrected chi connectivity index (χ3v) is 3.62. The van der Waals surface area contributed by atoms with Crippen LogP contribution in [0.25, 0.3) is 0 Å². The normalized spacial score (nSPS) is 10.5. The Kier molecular flexibility index (Phi) is 3.74. The maximum absolute atomic E-state index is 10.8. The van der Waals surface area contributed by atoms with Crippen LogP contribution in [-0.2, 0) is 13.6 Å². The molecule has 0 saturated heterocycles. The summed E-state index contributed by atoms with van der Waals surface area (Å²) in [6, 6.07) is 0. The van der Waals surface area contributed by atoms with Gasteiger partial charge in [-0.15, -0.1) is 10.2 Å². The smallest absolute Gasteiger partial charge is 0.291 e. The fourth-order valence-corrected chi connectivity index (χ4v) is 1.95. The largest absolute Gasteiger partial charge is 0.362 e. The molecule has 0 atom stereocenters. The zero-order valence-corrected chi connectivity index (χ0v) is 11.9. The van der Waals surface area contributed by atoms with Crippen molar-refractivity contribution in [3.05, 3.63) is 38.5 Å². The van der Waals surface area contributed by atoms with Gasteiger partial charge in [-0.25, -0.2) is 4.98 Å². The van der Waals surface area contributed by atoms with Gasteiger partial charge in [0.2, 0.25) is 0 Å². The van der Waals surface area contributed by atoms with E-state index in [4.69, 9.17) is 0 Å². The summed E-state index contributed by atoms with van der Waals surface area (Å²) in [5.41, 5.74) is 0.511. The topological polar surface area (TPSA) is 98.8 Å². The van der Waals surface area contributed by atoms with Gasteiger partial charge in [0.1, 0.15) is 18.3 Å². The lowest BCUT2D eigenvalue weighted by molar-refractivity contribution is -0.385. The van der Waals surface area contributed by atoms with Gasteiger partial charge in [0.05, 0.1) is 15.9 Å². The van der Waals surface area contributed by atoms with Crippen LogP contribution in [-0.4, -0.2) is 24.7 Å². The van der Waals surface area contributed by atoms with Crippen LogP contribution >= 0.6 is 15.9 Å². The predicted molar refractivity (Wildman–Crippen MR) is 71.7 cm³/mol. The van der Waals surface area contributed by atoms with Crippen molar-refractivity contribution in [2.45, 2.75) is 13.5 Å². The summed E-state index contributed by atoms with van der Waals surface area (Å²) in [5.74, 6) is 1.27. The fraction of sp³-hybridized carbons (Fsp3) is 0.300. The quantitative estimate of drug-likeness (QED) is 0.679. The summed E-state index contributed by atoms with van der Waals surface area (Å²) in [4.78, 5) is 14.4. The Morgan fingerprint density at radius 2 is 2.32 bits per heavy atom. The highest BCUT2D eigenvalue weighted by Gasteiger charge is 2.17. The molecule has 0 amide bonds. The van der Waals surface area contributed by atoms with Gasteiger partial charge >= 0.3 is 0 Å². The first-order valence-corrected chi connectivity index (χ1v) is 6.16. The van der Waals surface area contributed by atoms with Crippen LogP contribution in [0.4, 0.5) is 11.5 Å². The summed E-state index contributed by atoms with van der Waals surface area (Å²) in [7, 11) is 1.83. The Balaban J connectivity index is 2.20. The molecule has 0 saturated carbocycles. The molecule has 2 heterocycles.